The van der Waals surface area contributed by atoms with Crippen molar-refractivity contribution in [1.82, 2.24) is 14.7 Å². The Morgan fingerprint density at radius 2 is 1.77 bits per heavy atom. The fourth-order valence-electron chi connectivity index (χ4n) is 2.76. The van der Waals surface area contributed by atoms with Gasteiger partial charge in [-0.05, 0) is 41.5 Å². The molecule has 0 unspecified atom stereocenters. The van der Waals surface area contributed by atoms with Crippen LogP contribution >= 0.6 is 0 Å². The number of aryl methyl sites for hydroxylation is 1. The largest absolute Gasteiger partial charge is 0.444 e. The maximum Gasteiger partial charge on any atom is 0.410 e. The van der Waals surface area contributed by atoms with E-state index >= 15 is 0 Å². The predicted molar refractivity (Wildman–Crippen MR) is 105 cm³/mol. The molecule has 1 aliphatic heterocycles. The molecule has 0 aliphatic carbocycles. The average molecular weight is 367 g/mol. The van der Waals surface area contributed by atoms with Gasteiger partial charge in [-0.2, -0.15) is 5.10 Å². The zero-order chi connectivity index (χ0) is 19.7. The van der Waals surface area contributed by atoms with Crippen LogP contribution in [0.2, 0.25) is 0 Å². The van der Waals surface area contributed by atoms with Crippen LogP contribution in [0.4, 0.5) is 16.3 Å². The maximum absolute atomic E-state index is 12.2. The van der Waals surface area contributed by atoms with Gasteiger partial charge in [-0.25, -0.2) is 4.79 Å². The van der Waals surface area contributed by atoms with Gasteiger partial charge in [0.25, 0.3) is 0 Å². The Labute approximate surface area is 156 Å². The van der Waals surface area contributed by atoms with Crippen LogP contribution < -0.4 is 16.0 Å². The highest BCUT2D eigenvalue weighted by molar-refractivity contribution is 5.71. The molecule has 0 aromatic carbocycles. The number of nitrogens with one attached hydrogen (secondary N) is 1. The van der Waals surface area contributed by atoms with E-state index in [9.17, 15) is 4.79 Å². The molecule has 1 aromatic heterocycles. The van der Waals surface area contributed by atoms with Crippen LogP contribution in [0, 0.1) is 6.92 Å². The molecule has 1 fully saturated rings. The van der Waals surface area contributed by atoms with Crippen molar-refractivity contribution in [3.63, 3.8) is 0 Å². The number of rotatable bonds is 4. The van der Waals surface area contributed by atoms with E-state index in [4.69, 9.17) is 10.5 Å². The lowest BCUT2D eigenvalue weighted by Gasteiger charge is -2.36. The summed E-state index contributed by atoms with van der Waals surface area (Å²) in [6.45, 7) is 15.0. The number of hydrogen-bond acceptors (Lipinski definition) is 6. The van der Waals surface area contributed by atoms with Gasteiger partial charge in [-0.15, -0.1) is 0 Å². The Morgan fingerprint density at radius 3 is 2.27 bits per heavy atom. The van der Waals surface area contributed by atoms with Crippen molar-refractivity contribution in [2.75, 3.05) is 42.9 Å². The number of nitrogens with two attached hydrogens (primary N) is 1. The fourth-order valence-corrected chi connectivity index (χ4v) is 2.76. The number of carbonyl (C=O) groups excluding carboxylic acids is 1. The Hall–Kier alpha value is -1.96. The van der Waals surface area contributed by atoms with E-state index in [0.29, 0.717) is 19.6 Å². The summed E-state index contributed by atoms with van der Waals surface area (Å²) in [5.41, 5.74) is 7.40. The van der Waals surface area contributed by atoms with Crippen molar-refractivity contribution in [3.8, 4) is 0 Å². The molecular weight excluding hydrogens is 332 g/mol. The van der Waals surface area contributed by atoms with Crippen LogP contribution in [0.3, 0.4) is 0 Å². The lowest BCUT2D eigenvalue weighted by Crippen LogP contribution is -2.50. The summed E-state index contributed by atoms with van der Waals surface area (Å²) in [7, 11) is 1.94. The molecule has 1 amide bonds. The van der Waals surface area contributed by atoms with Crippen LogP contribution in [-0.4, -0.2) is 64.6 Å². The minimum atomic E-state index is -0.474. The Balaban J connectivity index is 2.05. The third-order valence-corrected chi connectivity index (χ3v) is 4.27. The second kappa shape index (κ2) is 7.34. The molecule has 0 bridgehead atoms. The van der Waals surface area contributed by atoms with Crippen molar-refractivity contribution in [1.29, 1.82) is 0 Å². The van der Waals surface area contributed by atoms with Gasteiger partial charge in [0.05, 0.1) is 5.69 Å². The number of carbonyl (C=O) groups is 1. The maximum atomic E-state index is 12.2. The summed E-state index contributed by atoms with van der Waals surface area (Å²) in [6, 6.07) is 0. The van der Waals surface area contributed by atoms with Gasteiger partial charge in [0.1, 0.15) is 11.3 Å². The van der Waals surface area contributed by atoms with E-state index in [2.05, 4.69) is 15.3 Å². The van der Waals surface area contributed by atoms with Gasteiger partial charge in [0.15, 0.2) is 5.82 Å². The molecule has 1 aromatic rings. The first-order valence-corrected chi connectivity index (χ1v) is 9.16. The van der Waals surface area contributed by atoms with Crippen LogP contribution in [-0.2, 0) is 11.8 Å². The third kappa shape index (κ3) is 5.27. The highest BCUT2D eigenvalue weighted by atomic mass is 16.6. The van der Waals surface area contributed by atoms with E-state index < -0.39 is 5.60 Å². The van der Waals surface area contributed by atoms with Crippen molar-refractivity contribution in [3.05, 3.63) is 5.69 Å². The van der Waals surface area contributed by atoms with Crippen molar-refractivity contribution >= 4 is 17.6 Å². The summed E-state index contributed by atoms with van der Waals surface area (Å²) in [4.78, 5) is 16.2. The van der Waals surface area contributed by atoms with Gasteiger partial charge in [0.2, 0.25) is 0 Å². The molecule has 8 nitrogen and oxygen atoms in total. The predicted octanol–water partition coefficient (Wildman–Crippen LogP) is 1.93. The summed E-state index contributed by atoms with van der Waals surface area (Å²) < 4.78 is 7.34. The van der Waals surface area contributed by atoms with E-state index in [1.807, 2.05) is 53.3 Å². The van der Waals surface area contributed by atoms with Crippen molar-refractivity contribution in [2.45, 2.75) is 52.7 Å². The van der Waals surface area contributed by atoms with Gasteiger partial charge < -0.3 is 25.6 Å². The molecule has 0 atom stereocenters. The quantitative estimate of drug-likeness (QED) is 0.846. The number of amides is 1. The third-order valence-electron chi connectivity index (χ3n) is 4.27. The molecule has 3 N–H and O–H groups in total. The topological polar surface area (TPSA) is 88.7 Å². The van der Waals surface area contributed by atoms with E-state index in [1.165, 1.54) is 0 Å². The van der Waals surface area contributed by atoms with Crippen LogP contribution in [0.15, 0.2) is 0 Å². The molecule has 26 heavy (non-hydrogen) atoms. The lowest BCUT2D eigenvalue weighted by atomic mass is 10.1. The summed E-state index contributed by atoms with van der Waals surface area (Å²) in [5.74, 6) is 0.915. The number of hydrogen-bond donors (Lipinski definition) is 2. The number of piperazine rings is 1. The first-order valence-electron chi connectivity index (χ1n) is 9.16. The average Bonchev–Trinajstić information content (AvgIpc) is 2.78. The normalized spacial score (nSPS) is 16.0. The molecule has 1 saturated heterocycles. The first kappa shape index (κ1) is 20.4. The van der Waals surface area contributed by atoms with Crippen LogP contribution in [0.25, 0.3) is 0 Å². The Morgan fingerprint density at radius 1 is 1.19 bits per heavy atom. The summed E-state index contributed by atoms with van der Waals surface area (Å²) in [6.07, 6.45) is -0.252. The standard InChI is InChI=1S/C18H34N6O2/c1-13-14(20-12-18(5,6)19)15(21-22(13)7)23-8-10-24(11-9-23)16(25)26-17(2,3)4/h20H,8-12,19H2,1-7H3. The molecule has 8 heteroatoms. The summed E-state index contributed by atoms with van der Waals surface area (Å²) >= 11 is 0. The van der Waals surface area contributed by atoms with Gasteiger partial charge in [0, 0.05) is 45.3 Å². The Kier molecular flexibility index (Phi) is 5.75. The SMILES string of the molecule is Cc1c(NCC(C)(C)N)c(N2CCN(C(=O)OC(C)(C)C)CC2)nn1C. The number of aromatic nitrogens is 2. The highest BCUT2D eigenvalue weighted by Gasteiger charge is 2.28. The van der Waals surface area contributed by atoms with Crippen molar-refractivity contribution < 1.29 is 9.53 Å². The second-order valence-electron chi connectivity index (χ2n) is 8.70. The second-order valence-corrected chi connectivity index (χ2v) is 8.70. The Bertz CT molecular complexity index is 633. The molecule has 0 saturated carbocycles. The van der Waals surface area contributed by atoms with Gasteiger partial charge >= 0.3 is 6.09 Å². The van der Waals surface area contributed by atoms with Crippen molar-refractivity contribution in [2.24, 2.45) is 12.8 Å². The monoisotopic (exact) mass is 366 g/mol. The number of ether oxygens (including phenoxy) is 1. The molecule has 0 spiro atoms. The molecule has 2 heterocycles. The zero-order valence-electron chi connectivity index (χ0n) is 17.2. The first-order chi connectivity index (χ1) is 11.9. The number of anilines is 2. The number of nitrogens with zero attached hydrogens (tertiary/aromatic N) is 4. The molecule has 1 aliphatic rings. The van der Waals surface area contributed by atoms with Gasteiger partial charge in [-0.1, -0.05) is 0 Å². The minimum Gasteiger partial charge on any atom is -0.444 e. The minimum absolute atomic E-state index is 0.252. The molecule has 2 rings (SSSR count). The zero-order valence-corrected chi connectivity index (χ0v) is 17.2. The highest BCUT2D eigenvalue weighted by Crippen LogP contribution is 2.29. The fraction of sp³-hybridized carbons (Fsp3) is 0.778. The van der Waals surface area contributed by atoms with Crippen LogP contribution in [0.5, 0.6) is 0 Å². The van der Waals surface area contributed by atoms with Gasteiger partial charge in [-0.3, -0.25) is 4.68 Å². The van der Waals surface area contributed by atoms with E-state index in [1.54, 1.807) is 4.90 Å². The molecule has 0 radical (unpaired) electrons. The molecular formula is C18H34N6O2. The lowest BCUT2D eigenvalue weighted by molar-refractivity contribution is 0.0240. The van der Waals surface area contributed by atoms with E-state index in [-0.39, 0.29) is 11.6 Å². The van der Waals surface area contributed by atoms with Crippen LogP contribution in [0.1, 0.15) is 40.3 Å². The summed E-state index contributed by atoms with van der Waals surface area (Å²) in [5, 5.41) is 8.12. The molecule has 148 valence electrons. The van der Waals surface area contributed by atoms with E-state index in [0.717, 1.165) is 30.3 Å². The smallest absolute Gasteiger partial charge is 0.410 e.